The minimum absolute atomic E-state index is 0.0110. The predicted octanol–water partition coefficient (Wildman–Crippen LogP) is 12.4. The molecule has 2 amide bonds. The van der Waals surface area contributed by atoms with Crippen LogP contribution in [0.2, 0.25) is 25.7 Å². The largest absolute Gasteiger partial charge is 0.379 e. The number of hydrogen-bond acceptors (Lipinski definition) is 14. The molecule has 0 bridgehead atoms. The Morgan fingerprint density at radius 2 is 1.13 bits per heavy atom. The summed E-state index contributed by atoms with van der Waals surface area (Å²) in [6.07, 6.45) is 14.9. The molecule has 0 radical (unpaired) electrons. The molecule has 2 fully saturated rings. The third-order valence-electron chi connectivity index (χ3n) is 17.6. The molecule has 20 nitrogen and oxygen atoms in total. The molecular formula is C71H80F3N11O9S2Si. The Balaban J connectivity index is 0.000000228. The van der Waals surface area contributed by atoms with Crippen molar-refractivity contribution in [2.75, 3.05) is 48.9 Å². The van der Waals surface area contributed by atoms with E-state index in [1.165, 1.54) is 89.6 Å². The molecule has 0 spiro atoms. The van der Waals surface area contributed by atoms with Crippen molar-refractivity contribution in [3.8, 4) is 12.1 Å². The maximum Gasteiger partial charge on any atom is 0.276 e. The molecule has 2 N–H and O–H groups in total. The first-order chi connectivity index (χ1) is 46.1. The van der Waals surface area contributed by atoms with Crippen LogP contribution in [-0.2, 0) is 54.2 Å². The van der Waals surface area contributed by atoms with Gasteiger partial charge in [-0.2, -0.15) is 29.3 Å². The molecule has 2 saturated carbocycles. The summed E-state index contributed by atoms with van der Waals surface area (Å²) in [6, 6.07) is 33.2. The standard InChI is InChI=1S/C37H43F2N5O5SSi.C34H37FN6O4S/c1-42(50(47,48)32-19-29(21-40)36(39)34(38)20-32)24-35(45)43(23-26-10-12-28(13-11-26)27-8-6-5-7-9-27)31-14-15-33-30(18-31)22-41-44(37(33)46)25-49-16-17-51(2,3)4;1-22(2)38-33-26(18-36)16-29(17-31(33)35)46(44,45)40(3)21-32(42)41(28-13-14-30-27(15-28)19-37-39-34(30)43)20-23-9-11-25(12-10-23)24-7-5-4-6-8-24/h10-15,18-20,22,27H,5-9,16-17,23-25H2,1-4H3;9-17,19,22,24,38H,4-8,20-21H2,1-3H3,(H,39,43). The van der Waals surface area contributed by atoms with Gasteiger partial charge in [0.1, 0.15) is 24.7 Å². The van der Waals surface area contributed by atoms with Gasteiger partial charge in [-0.05, 0) is 140 Å². The van der Waals surface area contributed by atoms with Crippen LogP contribution in [0.5, 0.6) is 0 Å². The van der Waals surface area contributed by atoms with E-state index >= 15 is 4.39 Å². The summed E-state index contributed by atoms with van der Waals surface area (Å²) in [7, 11) is -7.80. The number of aromatic amines is 1. The average Bonchev–Trinajstić information content (AvgIpc) is 0.857. The zero-order valence-corrected chi connectivity index (χ0v) is 58.1. The number of nitrogens with one attached hydrogen (secondary N) is 2. The van der Waals surface area contributed by atoms with Gasteiger partial charge in [-0.25, -0.2) is 39.8 Å². The smallest absolute Gasteiger partial charge is 0.276 e. The van der Waals surface area contributed by atoms with E-state index in [0.29, 0.717) is 57.4 Å². The highest BCUT2D eigenvalue weighted by Crippen LogP contribution is 2.36. The highest BCUT2D eigenvalue weighted by atomic mass is 32.2. The summed E-state index contributed by atoms with van der Waals surface area (Å²) >= 11 is 0. The van der Waals surface area contributed by atoms with Crippen LogP contribution in [0.3, 0.4) is 0 Å². The molecule has 97 heavy (non-hydrogen) atoms. The second-order valence-corrected chi connectivity index (χ2v) is 36.0. The summed E-state index contributed by atoms with van der Waals surface area (Å²) in [5, 5.41) is 33.9. The number of nitriles is 2. The number of ether oxygens (including phenoxy) is 1. The number of amides is 2. The number of sulfonamides is 2. The zero-order valence-electron chi connectivity index (χ0n) is 55.4. The van der Waals surface area contributed by atoms with Gasteiger partial charge in [-0.15, -0.1) is 0 Å². The van der Waals surface area contributed by atoms with E-state index in [4.69, 9.17) is 4.74 Å². The second kappa shape index (κ2) is 31.5. The van der Waals surface area contributed by atoms with E-state index in [9.17, 15) is 55.3 Å². The van der Waals surface area contributed by atoms with E-state index in [1.807, 2.05) is 30.3 Å². The molecule has 0 atom stereocenters. The van der Waals surface area contributed by atoms with E-state index in [0.717, 1.165) is 76.7 Å². The first-order valence-electron chi connectivity index (χ1n) is 32.3. The number of hydrogen-bond donors (Lipinski definition) is 2. The summed E-state index contributed by atoms with van der Waals surface area (Å²) < 4.78 is 106. The van der Waals surface area contributed by atoms with Crippen LogP contribution in [-0.4, -0.2) is 105 Å². The lowest BCUT2D eigenvalue weighted by Gasteiger charge is -2.27. The number of rotatable bonds is 23. The quantitative estimate of drug-likeness (QED) is 0.0446. The van der Waals surface area contributed by atoms with E-state index in [1.54, 1.807) is 50.2 Å². The first kappa shape index (κ1) is 72.4. The Bertz CT molecular complexity index is 4640. The molecule has 6 aromatic carbocycles. The van der Waals surface area contributed by atoms with E-state index in [2.05, 4.69) is 64.5 Å². The first-order valence-corrected chi connectivity index (χ1v) is 38.9. The maximum absolute atomic E-state index is 15.0. The van der Waals surface area contributed by atoms with E-state index < -0.39 is 85.8 Å². The van der Waals surface area contributed by atoms with Gasteiger partial charge >= 0.3 is 0 Å². The fourth-order valence-electron chi connectivity index (χ4n) is 12.0. The minimum atomic E-state index is -4.51. The van der Waals surface area contributed by atoms with Gasteiger partial charge in [-0.1, -0.05) is 107 Å². The van der Waals surface area contributed by atoms with Gasteiger partial charge in [0.25, 0.3) is 11.1 Å². The zero-order chi connectivity index (χ0) is 69.9. The number of carbonyl (C=O) groups excluding carboxylic acids is 2. The number of likely N-dealkylation sites (N-methyl/N-ethyl adjacent to an activating group) is 2. The van der Waals surface area contributed by atoms with Crippen LogP contribution < -0.4 is 26.2 Å². The number of nitrogens with zero attached hydrogens (tertiary/aromatic N) is 9. The molecule has 2 aliphatic rings. The van der Waals surface area contributed by atoms with Crippen molar-refractivity contribution >= 4 is 78.5 Å². The average molecular weight is 1380 g/mol. The summed E-state index contributed by atoms with van der Waals surface area (Å²) in [5.74, 6) is -3.98. The topological polar surface area (TPSA) is 265 Å². The van der Waals surface area contributed by atoms with Gasteiger partial charge in [-0.3, -0.25) is 19.2 Å². The summed E-state index contributed by atoms with van der Waals surface area (Å²) in [5.41, 5.74) is 3.27. The molecule has 510 valence electrons. The minimum Gasteiger partial charge on any atom is -0.379 e. The van der Waals surface area contributed by atoms with Crippen molar-refractivity contribution < 1.29 is 44.3 Å². The summed E-state index contributed by atoms with van der Waals surface area (Å²) in [4.78, 5) is 55.2. The Morgan fingerprint density at radius 3 is 1.62 bits per heavy atom. The molecule has 0 saturated heterocycles. The summed E-state index contributed by atoms with van der Waals surface area (Å²) in [6.45, 7) is 9.80. The SMILES string of the molecule is CC(C)Nc1c(F)cc(S(=O)(=O)N(C)CC(=O)N(Cc2ccc(C3CCCCC3)cc2)c2ccc3c(=O)[nH]ncc3c2)cc1C#N.CN(CC(=O)N(Cc1ccc(C2CCCCC2)cc1)c1ccc2c(=O)n(COCC[Si](C)(C)C)ncc2c1)S(=O)(=O)c1cc(F)c(F)c(C#N)c1. The van der Waals surface area contributed by atoms with Crippen molar-refractivity contribution in [1.29, 1.82) is 10.5 Å². The van der Waals surface area contributed by atoms with Gasteiger partial charge in [0.05, 0.1) is 76.0 Å². The molecule has 26 heteroatoms. The normalized spacial score (nSPS) is 14.1. The molecule has 10 rings (SSSR count). The number of aromatic nitrogens is 4. The van der Waals surface area contributed by atoms with Crippen molar-refractivity contribution in [2.24, 2.45) is 0 Å². The van der Waals surface area contributed by atoms with Crippen molar-refractivity contribution in [3.63, 3.8) is 0 Å². The molecular weight excluding hydrogens is 1300 g/mol. The molecule has 2 heterocycles. The number of H-pyrrole nitrogens is 1. The van der Waals surface area contributed by atoms with Gasteiger partial charge in [0.15, 0.2) is 11.6 Å². The van der Waals surface area contributed by atoms with Crippen LogP contribution in [0.15, 0.2) is 141 Å². The molecule has 0 unspecified atom stereocenters. The lowest BCUT2D eigenvalue weighted by molar-refractivity contribution is -0.119. The number of carbonyl (C=O) groups is 2. The number of anilines is 3. The Hall–Kier alpha value is -8.89. The van der Waals surface area contributed by atoms with Crippen LogP contribution in [0.1, 0.15) is 123 Å². The van der Waals surface area contributed by atoms with Crippen molar-refractivity contribution in [3.05, 3.63) is 193 Å². The van der Waals surface area contributed by atoms with Crippen LogP contribution in [0, 0.1) is 40.1 Å². The molecule has 8 aromatic rings. The highest BCUT2D eigenvalue weighted by molar-refractivity contribution is 7.89. The third-order valence-corrected chi connectivity index (χ3v) is 22.9. The van der Waals surface area contributed by atoms with E-state index in [-0.39, 0.29) is 48.2 Å². The second-order valence-electron chi connectivity index (χ2n) is 26.3. The number of benzene rings is 6. The molecule has 0 aliphatic heterocycles. The van der Waals surface area contributed by atoms with Gasteiger partial charge in [0.2, 0.25) is 31.9 Å². The Kier molecular flexibility index (Phi) is 23.5. The Morgan fingerprint density at radius 1 is 0.660 bits per heavy atom. The van der Waals surface area contributed by atoms with Gasteiger partial charge < -0.3 is 19.9 Å². The monoisotopic (exact) mass is 1380 g/mol. The molecule has 2 aliphatic carbocycles. The highest BCUT2D eigenvalue weighted by Gasteiger charge is 2.31. The van der Waals surface area contributed by atoms with Gasteiger partial charge in [0, 0.05) is 57.0 Å². The van der Waals surface area contributed by atoms with Crippen molar-refractivity contribution in [1.82, 2.24) is 28.6 Å². The molecule has 2 aromatic heterocycles. The fraction of sp³-hybridized carbons (Fsp3) is 0.380. The van der Waals surface area contributed by atoms with Crippen LogP contribution in [0.4, 0.5) is 30.2 Å². The lowest BCUT2D eigenvalue weighted by Crippen LogP contribution is -2.41. The third kappa shape index (κ3) is 17.8. The number of fused-ring (bicyclic) bond motifs is 2. The fourth-order valence-corrected chi connectivity index (χ4v) is 15.1. The van der Waals surface area contributed by atoms with Crippen molar-refractivity contribution in [2.45, 2.75) is 151 Å². The number of halogens is 3. The Labute approximate surface area is 564 Å². The van der Waals surface area contributed by atoms with Crippen LogP contribution in [0.25, 0.3) is 21.5 Å². The predicted molar refractivity (Wildman–Crippen MR) is 370 cm³/mol. The maximum atomic E-state index is 15.0. The van der Waals surface area contributed by atoms with Crippen LogP contribution >= 0.6 is 0 Å². The lowest BCUT2D eigenvalue weighted by atomic mass is 9.84.